The predicted molar refractivity (Wildman–Crippen MR) is 139 cm³/mol. The molecule has 0 aromatic heterocycles. The van der Waals surface area contributed by atoms with E-state index in [4.69, 9.17) is 4.74 Å². The van der Waals surface area contributed by atoms with Crippen LogP contribution in [0.2, 0.25) is 6.82 Å². The lowest BCUT2D eigenvalue weighted by Gasteiger charge is -2.37. The number of alkyl halides is 1. The van der Waals surface area contributed by atoms with E-state index in [-0.39, 0.29) is 0 Å². The van der Waals surface area contributed by atoms with Gasteiger partial charge >= 0.3 is 0 Å². The van der Waals surface area contributed by atoms with Gasteiger partial charge in [0.15, 0.2) is 0 Å². The third kappa shape index (κ3) is 5.91. The van der Waals surface area contributed by atoms with Gasteiger partial charge in [0.25, 0.3) is 0 Å². The first kappa shape index (κ1) is 24.5. The number of aryl methyl sites for hydroxylation is 1. The Hall–Kier alpha value is -1.61. The minimum Gasteiger partial charge on any atom is -0.378 e. The molecule has 1 radical (unpaired) electrons. The van der Waals surface area contributed by atoms with Crippen molar-refractivity contribution < 1.29 is 9.13 Å². The van der Waals surface area contributed by atoms with Crippen molar-refractivity contribution in [1.29, 1.82) is 0 Å². The number of rotatable bonds is 7. The summed E-state index contributed by atoms with van der Waals surface area (Å²) >= 11 is 0. The van der Waals surface area contributed by atoms with E-state index in [0.29, 0.717) is 18.4 Å². The van der Waals surface area contributed by atoms with Crippen molar-refractivity contribution in [2.75, 3.05) is 6.61 Å². The van der Waals surface area contributed by atoms with Gasteiger partial charge < -0.3 is 4.74 Å². The number of hydrogen-bond donors (Lipinski definition) is 0. The van der Waals surface area contributed by atoms with Crippen LogP contribution in [0.1, 0.15) is 87.5 Å². The quantitative estimate of drug-likeness (QED) is 0.410. The van der Waals surface area contributed by atoms with E-state index in [1.165, 1.54) is 55.1 Å². The summed E-state index contributed by atoms with van der Waals surface area (Å²) in [6.07, 6.45) is 9.39. The highest BCUT2D eigenvalue weighted by atomic mass is 19.1. The summed E-state index contributed by atoms with van der Waals surface area (Å²) in [5, 5.41) is 0. The van der Waals surface area contributed by atoms with E-state index in [1.54, 1.807) is 6.92 Å². The number of benzene rings is 2. The van der Waals surface area contributed by atoms with E-state index in [1.807, 2.05) is 12.1 Å². The van der Waals surface area contributed by atoms with Gasteiger partial charge in [-0.15, -0.1) is 0 Å². The zero-order valence-corrected chi connectivity index (χ0v) is 21.1. The Morgan fingerprint density at radius 2 is 1.73 bits per heavy atom. The Morgan fingerprint density at radius 1 is 1.00 bits per heavy atom. The van der Waals surface area contributed by atoms with Gasteiger partial charge in [0.2, 0.25) is 0 Å². The molecule has 3 atom stereocenters. The first-order chi connectivity index (χ1) is 15.9. The van der Waals surface area contributed by atoms with E-state index >= 15 is 4.39 Å². The third-order valence-corrected chi connectivity index (χ3v) is 8.26. The van der Waals surface area contributed by atoms with Crippen LogP contribution in [0.25, 0.3) is 0 Å². The summed E-state index contributed by atoms with van der Waals surface area (Å²) in [6.45, 7) is 9.18. The maximum absolute atomic E-state index is 15.8. The topological polar surface area (TPSA) is 9.23 Å². The Morgan fingerprint density at radius 3 is 2.33 bits per heavy atom. The summed E-state index contributed by atoms with van der Waals surface area (Å²) in [5.41, 5.74) is 4.42. The monoisotopic (exact) mass is 447 g/mol. The molecule has 4 rings (SSSR count). The van der Waals surface area contributed by atoms with Gasteiger partial charge in [-0.25, -0.2) is 4.39 Å². The molecule has 2 aromatic rings. The summed E-state index contributed by atoms with van der Waals surface area (Å²) in [6, 6.07) is 14.8. The second kappa shape index (κ2) is 10.8. The van der Waals surface area contributed by atoms with Crippen LogP contribution < -0.4 is 5.46 Å². The molecule has 1 aliphatic carbocycles. The van der Waals surface area contributed by atoms with E-state index in [0.717, 1.165) is 36.0 Å². The molecule has 177 valence electrons. The van der Waals surface area contributed by atoms with Crippen molar-refractivity contribution in [3.8, 4) is 0 Å². The van der Waals surface area contributed by atoms with Crippen LogP contribution in [0.15, 0.2) is 42.5 Å². The van der Waals surface area contributed by atoms with Crippen molar-refractivity contribution in [3.05, 3.63) is 64.7 Å². The lowest BCUT2D eigenvalue weighted by atomic mass is 9.70. The van der Waals surface area contributed by atoms with E-state index in [2.05, 4.69) is 58.3 Å². The highest BCUT2D eigenvalue weighted by molar-refractivity contribution is 6.52. The van der Waals surface area contributed by atoms with Gasteiger partial charge in [-0.3, -0.25) is 0 Å². The minimum atomic E-state index is -1.37. The molecular formula is C30H41BFO. The zero-order valence-electron chi connectivity index (χ0n) is 21.1. The van der Waals surface area contributed by atoms with Crippen molar-refractivity contribution >= 4 is 12.7 Å². The first-order valence-corrected chi connectivity index (χ1v) is 13.2. The molecule has 1 aliphatic heterocycles. The molecule has 0 spiro atoms. The second-order valence-corrected chi connectivity index (χ2v) is 10.8. The summed E-state index contributed by atoms with van der Waals surface area (Å²) in [4.78, 5) is 0. The van der Waals surface area contributed by atoms with E-state index in [9.17, 15) is 0 Å². The molecule has 2 aromatic carbocycles. The zero-order chi connectivity index (χ0) is 23.4. The van der Waals surface area contributed by atoms with Crippen LogP contribution in [0.3, 0.4) is 0 Å². The fourth-order valence-corrected chi connectivity index (χ4v) is 6.04. The minimum absolute atomic E-state index is 0.411. The molecule has 0 amide bonds. The Bertz CT molecular complexity index is 890. The second-order valence-electron chi connectivity index (χ2n) is 10.8. The smallest absolute Gasteiger partial charge is 0.148 e. The van der Waals surface area contributed by atoms with Crippen molar-refractivity contribution in [2.45, 2.75) is 96.7 Å². The van der Waals surface area contributed by atoms with Crippen molar-refractivity contribution in [3.63, 3.8) is 0 Å². The van der Waals surface area contributed by atoms with Crippen molar-refractivity contribution in [2.24, 2.45) is 11.8 Å². The molecule has 1 saturated carbocycles. The van der Waals surface area contributed by atoms with Crippen LogP contribution in [-0.2, 0) is 23.2 Å². The van der Waals surface area contributed by atoms with Gasteiger partial charge in [-0.1, -0.05) is 74.2 Å². The van der Waals surface area contributed by atoms with Gasteiger partial charge in [0, 0.05) is 13.0 Å². The normalized spacial score (nSPS) is 27.7. The molecule has 0 N–H and O–H groups in total. The number of hydrogen-bond acceptors (Lipinski definition) is 1. The maximum Gasteiger partial charge on any atom is 0.148 e. The van der Waals surface area contributed by atoms with Crippen LogP contribution in [0.5, 0.6) is 0 Å². The molecule has 1 heterocycles. The summed E-state index contributed by atoms with van der Waals surface area (Å²) in [5.74, 6) is 2.06. The predicted octanol–water partition coefficient (Wildman–Crippen LogP) is 7.14. The average molecular weight is 447 g/mol. The SMILES string of the molecule is C[B]c1ccc(CC(C)(F)c2ccc(C3CCC(C4CCC(C)CO4)CC3)cc2)cc1CC. The molecular weight excluding hydrogens is 406 g/mol. The lowest BCUT2D eigenvalue weighted by molar-refractivity contribution is -0.0523. The van der Waals surface area contributed by atoms with Gasteiger partial charge in [0.1, 0.15) is 12.9 Å². The van der Waals surface area contributed by atoms with Crippen molar-refractivity contribution in [1.82, 2.24) is 0 Å². The number of ether oxygens (including phenoxy) is 1. The Balaban J connectivity index is 1.36. The molecule has 33 heavy (non-hydrogen) atoms. The number of halogens is 1. The van der Waals surface area contributed by atoms with Crippen LogP contribution in [0.4, 0.5) is 4.39 Å². The standard InChI is InChI=1S/C30H41BFO/c1-5-23-18-22(7-16-28(23)31-4)19-30(3,32)27-14-12-25(13-15-27)24-8-10-26(11-9-24)29-17-6-21(2)20-33-29/h7,12-16,18,21,24,26,29H,5-6,8-11,17,19-20H2,1-4H3. The largest absolute Gasteiger partial charge is 0.378 e. The van der Waals surface area contributed by atoms with Crippen LogP contribution in [0, 0.1) is 11.8 Å². The maximum atomic E-state index is 15.8. The average Bonchev–Trinajstić information content (AvgIpc) is 2.84. The third-order valence-electron chi connectivity index (χ3n) is 8.26. The summed E-state index contributed by atoms with van der Waals surface area (Å²) < 4.78 is 21.9. The molecule has 1 nitrogen and oxygen atoms in total. The fraction of sp³-hybridized carbons (Fsp3) is 0.600. The van der Waals surface area contributed by atoms with Gasteiger partial charge in [-0.2, -0.15) is 0 Å². The van der Waals surface area contributed by atoms with Crippen LogP contribution >= 0.6 is 0 Å². The molecule has 0 bridgehead atoms. The molecule has 2 fully saturated rings. The highest BCUT2D eigenvalue weighted by Gasteiger charge is 2.32. The van der Waals surface area contributed by atoms with E-state index < -0.39 is 5.67 Å². The molecule has 3 heteroatoms. The first-order valence-electron chi connectivity index (χ1n) is 13.2. The molecule has 1 saturated heterocycles. The highest BCUT2D eigenvalue weighted by Crippen LogP contribution is 2.40. The molecule has 3 unspecified atom stereocenters. The Kier molecular flexibility index (Phi) is 8.00. The summed E-state index contributed by atoms with van der Waals surface area (Å²) in [7, 11) is 2.13. The van der Waals surface area contributed by atoms with Crippen LogP contribution in [-0.4, -0.2) is 20.0 Å². The lowest BCUT2D eigenvalue weighted by Crippen LogP contribution is -2.33. The fourth-order valence-electron chi connectivity index (χ4n) is 6.04. The molecule has 2 aliphatic rings. The Labute approximate surface area is 201 Å². The van der Waals surface area contributed by atoms with Gasteiger partial charge in [-0.05, 0) is 86.3 Å². The van der Waals surface area contributed by atoms with Gasteiger partial charge in [0.05, 0.1) is 6.10 Å².